The Morgan fingerprint density at radius 3 is 2.35 bits per heavy atom. The van der Waals surface area contributed by atoms with Crippen LogP contribution in [0.1, 0.15) is 20.8 Å². The number of rotatable bonds is 4. The SMILES string of the molecule is COCC1CN(OC(=O)C(C)(C)C)CCN1S(C)(=O)=O. The maximum atomic E-state index is 11.8. The first-order valence-corrected chi connectivity index (χ1v) is 8.33. The molecule has 0 aliphatic carbocycles. The zero-order valence-electron chi connectivity index (χ0n) is 12.7. The van der Waals surface area contributed by atoms with Crippen molar-refractivity contribution in [1.29, 1.82) is 0 Å². The fourth-order valence-corrected chi connectivity index (χ4v) is 2.99. The van der Waals surface area contributed by atoms with Gasteiger partial charge in [0.25, 0.3) is 0 Å². The standard InChI is InChI=1S/C12H24N2O5S/c1-12(2,3)11(15)19-13-6-7-14(20(5,16)17)10(8-13)9-18-4/h10H,6-9H2,1-5H3. The molecule has 1 rings (SSSR count). The minimum absolute atomic E-state index is 0.261. The first-order valence-electron chi connectivity index (χ1n) is 6.49. The average molecular weight is 308 g/mol. The fraction of sp³-hybridized carbons (Fsp3) is 0.917. The second kappa shape index (κ2) is 6.38. The van der Waals surface area contributed by atoms with Crippen molar-refractivity contribution >= 4 is 16.0 Å². The van der Waals surface area contributed by atoms with Gasteiger partial charge in [-0.25, -0.2) is 13.2 Å². The lowest BCUT2D eigenvalue weighted by Gasteiger charge is -2.38. The van der Waals surface area contributed by atoms with Gasteiger partial charge in [-0.3, -0.25) is 0 Å². The Morgan fingerprint density at radius 2 is 1.90 bits per heavy atom. The lowest BCUT2D eigenvalue weighted by atomic mass is 9.98. The van der Waals surface area contributed by atoms with Gasteiger partial charge in [-0.05, 0) is 20.8 Å². The summed E-state index contributed by atoms with van der Waals surface area (Å²) in [6.45, 7) is 6.52. The minimum atomic E-state index is -3.29. The molecule has 0 bridgehead atoms. The topological polar surface area (TPSA) is 76.2 Å². The van der Waals surface area contributed by atoms with E-state index in [0.717, 1.165) is 0 Å². The molecule has 8 heteroatoms. The van der Waals surface area contributed by atoms with Crippen LogP contribution in [-0.2, 0) is 24.4 Å². The Morgan fingerprint density at radius 1 is 1.30 bits per heavy atom. The zero-order chi connectivity index (χ0) is 15.6. The number of hydrogen-bond donors (Lipinski definition) is 0. The van der Waals surface area contributed by atoms with Crippen molar-refractivity contribution in [2.45, 2.75) is 26.8 Å². The molecule has 0 saturated carbocycles. The number of hydrogen-bond acceptors (Lipinski definition) is 6. The number of carbonyl (C=O) groups is 1. The highest BCUT2D eigenvalue weighted by atomic mass is 32.2. The summed E-state index contributed by atoms with van der Waals surface area (Å²) in [7, 11) is -1.78. The highest BCUT2D eigenvalue weighted by molar-refractivity contribution is 7.88. The second-order valence-electron chi connectivity index (χ2n) is 6.00. The highest BCUT2D eigenvalue weighted by Gasteiger charge is 2.35. The van der Waals surface area contributed by atoms with E-state index in [-0.39, 0.29) is 25.2 Å². The summed E-state index contributed by atoms with van der Waals surface area (Å²) in [4.78, 5) is 17.2. The normalized spacial score (nSPS) is 22.8. The number of sulfonamides is 1. The average Bonchev–Trinajstić information content (AvgIpc) is 2.26. The van der Waals surface area contributed by atoms with Crippen LogP contribution in [0, 0.1) is 5.41 Å². The predicted octanol–water partition coefficient (Wildman–Crippen LogP) is 0.0829. The number of ether oxygens (including phenoxy) is 1. The lowest BCUT2D eigenvalue weighted by molar-refractivity contribution is -0.209. The number of hydroxylamine groups is 2. The van der Waals surface area contributed by atoms with Gasteiger partial charge in [0.1, 0.15) is 0 Å². The van der Waals surface area contributed by atoms with Crippen molar-refractivity contribution in [2.75, 3.05) is 39.6 Å². The van der Waals surface area contributed by atoms with Gasteiger partial charge in [0.15, 0.2) is 0 Å². The van der Waals surface area contributed by atoms with Crippen LogP contribution in [0.5, 0.6) is 0 Å². The molecule has 1 aliphatic heterocycles. The zero-order valence-corrected chi connectivity index (χ0v) is 13.6. The first-order chi connectivity index (χ1) is 9.05. The first kappa shape index (κ1) is 17.4. The van der Waals surface area contributed by atoms with Gasteiger partial charge in [0.2, 0.25) is 10.0 Å². The highest BCUT2D eigenvalue weighted by Crippen LogP contribution is 2.19. The van der Waals surface area contributed by atoms with Crippen LogP contribution in [0.3, 0.4) is 0 Å². The Kier molecular flexibility index (Phi) is 5.54. The van der Waals surface area contributed by atoms with Crippen LogP contribution < -0.4 is 0 Å². The van der Waals surface area contributed by atoms with E-state index in [1.807, 2.05) is 0 Å². The molecular weight excluding hydrogens is 284 g/mol. The largest absolute Gasteiger partial charge is 0.383 e. The van der Waals surface area contributed by atoms with E-state index < -0.39 is 15.4 Å². The molecule has 0 spiro atoms. The molecule has 1 unspecified atom stereocenters. The second-order valence-corrected chi connectivity index (χ2v) is 7.93. The molecule has 1 heterocycles. The summed E-state index contributed by atoms with van der Waals surface area (Å²) in [5.41, 5.74) is -0.593. The van der Waals surface area contributed by atoms with Gasteiger partial charge in [-0.1, -0.05) is 0 Å². The number of carbonyl (C=O) groups excluding carboxylic acids is 1. The van der Waals surface area contributed by atoms with Crippen molar-refractivity contribution in [3.8, 4) is 0 Å². The Labute approximate surface area is 120 Å². The van der Waals surface area contributed by atoms with E-state index in [4.69, 9.17) is 9.57 Å². The van der Waals surface area contributed by atoms with Crippen LogP contribution in [0.25, 0.3) is 0 Å². The predicted molar refractivity (Wildman–Crippen MR) is 74.3 cm³/mol. The van der Waals surface area contributed by atoms with E-state index in [1.165, 1.54) is 22.7 Å². The third kappa shape index (κ3) is 4.69. The molecule has 0 aromatic heterocycles. The van der Waals surface area contributed by atoms with E-state index in [2.05, 4.69) is 0 Å². The summed E-state index contributed by atoms with van der Waals surface area (Å²) >= 11 is 0. The monoisotopic (exact) mass is 308 g/mol. The van der Waals surface area contributed by atoms with Crippen LogP contribution >= 0.6 is 0 Å². The molecule has 0 N–H and O–H groups in total. The lowest BCUT2D eigenvalue weighted by Crippen LogP contribution is -2.57. The van der Waals surface area contributed by atoms with Gasteiger partial charge in [-0.2, -0.15) is 4.31 Å². The molecule has 0 aromatic rings. The molecule has 1 fully saturated rings. The molecule has 0 amide bonds. The van der Waals surface area contributed by atoms with E-state index in [0.29, 0.717) is 13.1 Å². The summed E-state index contributed by atoms with van der Waals surface area (Å²) in [6.07, 6.45) is 1.17. The van der Waals surface area contributed by atoms with Gasteiger partial charge in [0.05, 0.1) is 30.9 Å². The van der Waals surface area contributed by atoms with E-state index in [1.54, 1.807) is 20.8 Å². The molecule has 1 saturated heterocycles. The molecule has 7 nitrogen and oxygen atoms in total. The van der Waals surface area contributed by atoms with E-state index in [9.17, 15) is 13.2 Å². The quantitative estimate of drug-likeness (QED) is 0.732. The van der Waals surface area contributed by atoms with Crippen LogP contribution in [0.2, 0.25) is 0 Å². The summed E-state index contributed by atoms with van der Waals surface area (Å²) in [5.74, 6) is -0.332. The smallest absolute Gasteiger partial charge is 0.330 e. The van der Waals surface area contributed by atoms with E-state index >= 15 is 0 Å². The van der Waals surface area contributed by atoms with Gasteiger partial charge < -0.3 is 9.57 Å². The molecule has 118 valence electrons. The third-order valence-corrected chi connectivity index (χ3v) is 4.33. The van der Waals surface area contributed by atoms with Crippen LogP contribution in [0.15, 0.2) is 0 Å². The molecule has 1 atom stereocenters. The molecular formula is C12H24N2O5S. The summed E-state index contributed by atoms with van der Waals surface area (Å²) in [6, 6.07) is -0.350. The molecule has 0 radical (unpaired) electrons. The van der Waals surface area contributed by atoms with Crippen LogP contribution in [0.4, 0.5) is 0 Å². The Hall–Kier alpha value is -0.700. The fourth-order valence-electron chi connectivity index (χ4n) is 1.91. The number of piperazine rings is 1. The molecule has 0 aromatic carbocycles. The Bertz CT molecular complexity index is 443. The van der Waals surface area contributed by atoms with Crippen molar-refractivity contribution in [2.24, 2.45) is 5.41 Å². The van der Waals surface area contributed by atoms with Crippen molar-refractivity contribution in [1.82, 2.24) is 9.37 Å². The Balaban J connectivity index is 2.72. The third-order valence-electron chi connectivity index (χ3n) is 3.00. The number of methoxy groups -OCH3 is 1. The van der Waals surface area contributed by atoms with Gasteiger partial charge in [0, 0.05) is 20.2 Å². The maximum Gasteiger partial charge on any atom is 0.330 e. The van der Waals surface area contributed by atoms with Gasteiger partial charge in [-0.15, -0.1) is 5.06 Å². The molecule has 1 aliphatic rings. The number of nitrogens with zero attached hydrogens (tertiary/aromatic N) is 2. The minimum Gasteiger partial charge on any atom is -0.383 e. The molecule has 20 heavy (non-hydrogen) atoms. The summed E-state index contributed by atoms with van der Waals surface area (Å²) < 4.78 is 29.8. The van der Waals surface area contributed by atoms with Crippen molar-refractivity contribution < 1.29 is 22.8 Å². The summed E-state index contributed by atoms with van der Waals surface area (Å²) in [5, 5.41) is 1.51. The van der Waals surface area contributed by atoms with Gasteiger partial charge >= 0.3 is 5.97 Å². The van der Waals surface area contributed by atoms with Crippen LogP contribution in [-0.4, -0.2) is 69.4 Å². The van der Waals surface area contributed by atoms with Crippen molar-refractivity contribution in [3.63, 3.8) is 0 Å². The van der Waals surface area contributed by atoms with Crippen molar-refractivity contribution in [3.05, 3.63) is 0 Å². The maximum absolute atomic E-state index is 11.8.